The standard InChI is InChI=1S/C13H25BrS/c1-3-12(2)15-11-13(10-14)8-6-4-5-7-9-13/h12H,3-11H2,1-2H3. The van der Waals surface area contributed by atoms with Gasteiger partial charge in [-0.25, -0.2) is 0 Å². The summed E-state index contributed by atoms with van der Waals surface area (Å²) >= 11 is 5.95. The van der Waals surface area contributed by atoms with Crippen molar-refractivity contribution in [1.82, 2.24) is 0 Å². The highest BCUT2D eigenvalue weighted by Gasteiger charge is 2.30. The van der Waals surface area contributed by atoms with Crippen molar-refractivity contribution in [3.63, 3.8) is 0 Å². The van der Waals surface area contributed by atoms with E-state index in [2.05, 4.69) is 41.5 Å². The first-order valence-electron chi connectivity index (χ1n) is 6.40. The normalized spacial score (nSPS) is 23.4. The zero-order chi connectivity index (χ0) is 11.1. The predicted octanol–water partition coefficient (Wildman–Crippen LogP) is 5.25. The van der Waals surface area contributed by atoms with Gasteiger partial charge in [0.2, 0.25) is 0 Å². The Morgan fingerprint density at radius 2 is 1.80 bits per heavy atom. The number of thioether (sulfide) groups is 1. The highest BCUT2D eigenvalue weighted by atomic mass is 79.9. The van der Waals surface area contributed by atoms with Crippen molar-refractivity contribution in [2.45, 2.75) is 64.0 Å². The Labute approximate surface area is 108 Å². The van der Waals surface area contributed by atoms with Crippen molar-refractivity contribution in [3.05, 3.63) is 0 Å². The van der Waals surface area contributed by atoms with Gasteiger partial charge in [0.15, 0.2) is 0 Å². The lowest BCUT2D eigenvalue weighted by molar-refractivity contribution is 0.334. The molecule has 1 aliphatic rings. The van der Waals surface area contributed by atoms with Crippen molar-refractivity contribution in [2.24, 2.45) is 5.41 Å². The predicted molar refractivity (Wildman–Crippen MR) is 76.1 cm³/mol. The molecule has 0 aromatic rings. The zero-order valence-electron chi connectivity index (χ0n) is 10.2. The van der Waals surface area contributed by atoms with E-state index < -0.39 is 0 Å². The van der Waals surface area contributed by atoms with E-state index >= 15 is 0 Å². The molecule has 1 rings (SSSR count). The van der Waals surface area contributed by atoms with E-state index in [0.717, 1.165) is 5.25 Å². The van der Waals surface area contributed by atoms with Crippen LogP contribution in [0.5, 0.6) is 0 Å². The van der Waals surface area contributed by atoms with Gasteiger partial charge in [-0.05, 0) is 30.4 Å². The largest absolute Gasteiger partial charge is 0.158 e. The molecule has 0 saturated heterocycles. The third-order valence-electron chi connectivity index (χ3n) is 3.70. The van der Waals surface area contributed by atoms with Crippen LogP contribution in [0.15, 0.2) is 0 Å². The highest BCUT2D eigenvalue weighted by molar-refractivity contribution is 9.09. The highest BCUT2D eigenvalue weighted by Crippen LogP contribution is 2.40. The van der Waals surface area contributed by atoms with Gasteiger partial charge in [0.05, 0.1) is 0 Å². The smallest absolute Gasteiger partial charge is 0.00958 e. The molecular weight excluding hydrogens is 268 g/mol. The summed E-state index contributed by atoms with van der Waals surface area (Å²) in [5, 5.41) is 2.05. The monoisotopic (exact) mass is 292 g/mol. The summed E-state index contributed by atoms with van der Waals surface area (Å²) in [5.41, 5.74) is 0.616. The Kier molecular flexibility index (Phi) is 6.68. The molecule has 0 aromatic heterocycles. The van der Waals surface area contributed by atoms with Gasteiger partial charge in [-0.2, -0.15) is 11.8 Å². The fraction of sp³-hybridized carbons (Fsp3) is 1.00. The lowest BCUT2D eigenvalue weighted by Gasteiger charge is -2.31. The number of hydrogen-bond donors (Lipinski definition) is 0. The van der Waals surface area contributed by atoms with E-state index in [-0.39, 0.29) is 0 Å². The fourth-order valence-electron chi connectivity index (χ4n) is 2.23. The lowest BCUT2D eigenvalue weighted by atomic mass is 9.85. The molecule has 0 spiro atoms. The maximum Gasteiger partial charge on any atom is 0.00958 e. The molecule has 2 heteroatoms. The minimum absolute atomic E-state index is 0.616. The minimum Gasteiger partial charge on any atom is -0.158 e. The van der Waals surface area contributed by atoms with Gasteiger partial charge >= 0.3 is 0 Å². The second kappa shape index (κ2) is 7.21. The summed E-state index contributed by atoms with van der Waals surface area (Å²) in [4.78, 5) is 0. The number of alkyl halides is 1. The molecule has 1 atom stereocenters. The molecule has 0 aliphatic heterocycles. The third-order valence-corrected chi connectivity index (χ3v) is 6.57. The third kappa shape index (κ3) is 4.68. The van der Waals surface area contributed by atoms with E-state index in [0.29, 0.717) is 5.41 Å². The zero-order valence-corrected chi connectivity index (χ0v) is 12.6. The van der Waals surface area contributed by atoms with E-state index in [1.165, 1.54) is 56.0 Å². The molecule has 1 fully saturated rings. The van der Waals surface area contributed by atoms with Crippen LogP contribution >= 0.6 is 27.7 Å². The second-order valence-electron chi connectivity index (χ2n) is 5.08. The van der Waals surface area contributed by atoms with Crippen molar-refractivity contribution >= 4 is 27.7 Å². The van der Waals surface area contributed by atoms with Crippen LogP contribution in [0.2, 0.25) is 0 Å². The average molecular weight is 293 g/mol. The second-order valence-corrected chi connectivity index (χ2v) is 7.07. The first kappa shape index (κ1) is 13.9. The molecule has 0 nitrogen and oxygen atoms in total. The summed E-state index contributed by atoms with van der Waals surface area (Å²) in [7, 11) is 0. The Morgan fingerprint density at radius 3 is 2.27 bits per heavy atom. The Bertz CT molecular complexity index is 162. The molecule has 0 N–H and O–H groups in total. The molecule has 0 aromatic carbocycles. The summed E-state index contributed by atoms with van der Waals surface area (Å²) < 4.78 is 0. The van der Waals surface area contributed by atoms with Gasteiger partial charge in [-0.3, -0.25) is 0 Å². The summed E-state index contributed by atoms with van der Waals surface area (Å²) in [5.74, 6) is 1.37. The van der Waals surface area contributed by atoms with Gasteiger partial charge in [0, 0.05) is 10.6 Å². The molecule has 1 aliphatic carbocycles. The number of hydrogen-bond acceptors (Lipinski definition) is 1. The Balaban J connectivity index is 2.43. The lowest BCUT2D eigenvalue weighted by Crippen LogP contribution is -2.26. The topological polar surface area (TPSA) is 0 Å². The molecule has 0 bridgehead atoms. The van der Waals surface area contributed by atoms with Gasteiger partial charge in [0.25, 0.3) is 0 Å². The van der Waals surface area contributed by atoms with Crippen LogP contribution in [0.4, 0.5) is 0 Å². The van der Waals surface area contributed by atoms with Crippen LogP contribution in [0.1, 0.15) is 58.8 Å². The van der Waals surface area contributed by atoms with Crippen LogP contribution in [0, 0.1) is 5.41 Å². The first-order chi connectivity index (χ1) is 7.22. The molecular formula is C13H25BrS. The molecule has 90 valence electrons. The molecule has 0 heterocycles. The SMILES string of the molecule is CCC(C)SCC1(CBr)CCCCCC1. The number of halogens is 1. The Morgan fingerprint density at radius 1 is 1.20 bits per heavy atom. The van der Waals surface area contributed by atoms with Crippen molar-refractivity contribution in [2.75, 3.05) is 11.1 Å². The van der Waals surface area contributed by atoms with Crippen molar-refractivity contribution in [3.8, 4) is 0 Å². The molecule has 0 radical (unpaired) electrons. The van der Waals surface area contributed by atoms with Crippen LogP contribution in [-0.4, -0.2) is 16.3 Å². The van der Waals surface area contributed by atoms with Crippen LogP contribution in [0.25, 0.3) is 0 Å². The van der Waals surface area contributed by atoms with E-state index in [1.54, 1.807) is 0 Å². The van der Waals surface area contributed by atoms with E-state index in [9.17, 15) is 0 Å². The van der Waals surface area contributed by atoms with Crippen LogP contribution < -0.4 is 0 Å². The summed E-state index contributed by atoms with van der Waals surface area (Å²) in [6.07, 6.45) is 10.0. The fourth-order valence-corrected chi connectivity index (χ4v) is 4.52. The summed E-state index contributed by atoms with van der Waals surface area (Å²) in [6, 6.07) is 0. The van der Waals surface area contributed by atoms with Crippen LogP contribution in [-0.2, 0) is 0 Å². The van der Waals surface area contributed by atoms with Gasteiger partial charge < -0.3 is 0 Å². The quantitative estimate of drug-likeness (QED) is 0.492. The van der Waals surface area contributed by atoms with Crippen molar-refractivity contribution in [1.29, 1.82) is 0 Å². The molecule has 1 saturated carbocycles. The molecule has 15 heavy (non-hydrogen) atoms. The van der Waals surface area contributed by atoms with Gasteiger partial charge in [-0.1, -0.05) is 55.5 Å². The van der Waals surface area contributed by atoms with E-state index in [4.69, 9.17) is 0 Å². The Hall–Kier alpha value is 0.830. The maximum absolute atomic E-state index is 3.76. The minimum atomic E-state index is 0.616. The average Bonchev–Trinajstić information content (AvgIpc) is 2.52. The number of rotatable bonds is 5. The molecule has 0 amide bonds. The van der Waals surface area contributed by atoms with Gasteiger partial charge in [0.1, 0.15) is 0 Å². The maximum atomic E-state index is 3.76. The van der Waals surface area contributed by atoms with Crippen molar-refractivity contribution < 1.29 is 0 Å². The summed E-state index contributed by atoms with van der Waals surface area (Å²) in [6.45, 7) is 4.66. The molecule has 1 unspecified atom stereocenters. The van der Waals surface area contributed by atoms with Gasteiger partial charge in [-0.15, -0.1) is 0 Å². The van der Waals surface area contributed by atoms with E-state index in [1.807, 2.05) is 0 Å². The first-order valence-corrected chi connectivity index (χ1v) is 8.57. The van der Waals surface area contributed by atoms with Crippen LogP contribution in [0.3, 0.4) is 0 Å².